The van der Waals surface area contributed by atoms with Gasteiger partial charge in [-0.1, -0.05) is 70.1 Å². The number of para-hydroxylation sites is 1. The monoisotopic (exact) mass is 542 g/mol. The van der Waals surface area contributed by atoms with Crippen LogP contribution < -0.4 is 4.74 Å². The second-order valence-corrected chi connectivity index (χ2v) is 10.1. The molecule has 0 unspecified atom stereocenters. The molecule has 1 fully saturated rings. The topological polar surface area (TPSA) is 84.7 Å². The van der Waals surface area contributed by atoms with E-state index in [9.17, 15) is 14.4 Å². The Hall–Kier alpha value is -4.20. The molecule has 210 valence electrons. The van der Waals surface area contributed by atoms with Crippen molar-refractivity contribution in [3.05, 3.63) is 71.9 Å². The predicted octanol–water partition coefficient (Wildman–Crippen LogP) is 6.49. The van der Waals surface area contributed by atoms with Crippen LogP contribution in [0.5, 0.6) is 5.75 Å². The minimum Gasteiger partial charge on any atom is -0.494 e. The molecule has 2 aromatic carbocycles. The highest BCUT2D eigenvalue weighted by Crippen LogP contribution is 2.29. The van der Waals surface area contributed by atoms with E-state index in [-0.39, 0.29) is 5.57 Å². The van der Waals surface area contributed by atoms with Crippen molar-refractivity contribution < 1.29 is 19.1 Å². The number of benzene rings is 2. The Kier molecular flexibility index (Phi) is 9.89. The number of unbranched alkanes of at least 4 members (excludes halogenated alkanes) is 7. The van der Waals surface area contributed by atoms with Crippen molar-refractivity contribution in [2.75, 3.05) is 20.7 Å². The SMILES string of the molecule is CCCCCCCCCCOc1ccc(-c2nn(-c3ccccc3)cc2C=C2C(=O)N(C)C(=O)N(C)C2=O)cc1. The largest absolute Gasteiger partial charge is 0.494 e. The molecule has 4 rings (SSSR count). The van der Waals surface area contributed by atoms with Crippen molar-refractivity contribution in [1.82, 2.24) is 19.6 Å². The van der Waals surface area contributed by atoms with Gasteiger partial charge in [0.25, 0.3) is 11.8 Å². The number of carbonyl (C=O) groups is 3. The van der Waals surface area contributed by atoms with E-state index < -0.39 is 17.8 Å². The van der Waals surface area contributed by atoms with Crippen molar-refractivity contribution in [1.29, 1.82) is 0 Å². The summed E-state index contributed by atoms with van der Waals surface area (Å²) < 4.78 is 7.67. The van der Waals surface area contributed by atoms with E-state index in [1.165, 1.54) is 65.1 Å². The Labute approximate surface area is 236 Å². The first-order chi connectivity index (χ1) is 19.4. The van der Waals surface area contributed by atoms with E-state index in [0.717, 1.165) is 33.2 Å². The van der Waals surface area contributed by atoms with Crippen molar-refractivity contribution in [3.63, 3.8) is 0 Å². The van der Waals surface area contributed by atoms with Gasteiger partial charge in [-0.15, -0.1) is 0 Å². The molecule has 0 aliphatic carbocycles. The molecular weight excluding hydrogens is 504 g/mol. The van der Waals surface area contributed by atoms with Gasteiger partial charge in [0.05, 0.1) is 18.0 Å². The van der Waals surface area contributed by atoms with Gasteiger partial charge in [-0.2, -0.15) is 5.10 Å². The van der Waals surface area contributed by atoms with Crippen LogP contribution in [0.25, 0.3) is 23.0 Å². The van der Waals surface area contributed by atoms with Crippen molar-refractivity contribution in [2.45, 2.75) is 58.3 Å². The molecule has 0 atom stereocenters. The highest BCUT2D eigenvalue weighted by Gasteiger charge is 2.38. The molecule has 0 spiro atoms. The molecule has 1 aromatic heterocycles. The zero-order chi connectivity index (χ0) is 28.5. The van der Waals surface area contributed by atoms with Gasteiger partial charge in [0.2, 0.25) is 0 Å². The number of barbiturate groups is 1. The maximum Gasteiger partial charge on any atom is 0.333 e. The van der Waals surface area contributed by atoms with Gasteiger partial charge in [0.1, 0.15) is 11.3 Å². The van der Waals surface area contributed by atoms with E-state index in [0.29, 0.717) is 17.9 Å². The van der Waals surface area contributed by atoms with E-state index in [2.05, 4.69) is 6.92 Å². The molecule has 8 nitrogen and oxygen atoms in total. The van der Waals surface area contributed by atoms with Crippen LogP contribution in [0.2, 0.25) is 0 Å². The fraction of sp³-hybridized carbons (Fsp3) is 0.375. The fourth-order valence-electron chi connectivity index (χ4n) is 4.70. The third-order valence-corrected chi connectivity index (χ3v) is 7.10. The Balaban J connectivity index is 1.50. The van der Waals surface area contributed by atoms with Crippen LogP contribution in [0.4, 0.5) is 4.79 Å². The maximum atomic E-state index is 12.8. The first-order valence-corrected chi connectivity index (χ1v) is 14.1. The number of hydrogen-bond donors (Lipinski definition) is 0. The molecule has 0 N–H and O–H groups in total. The average molecular weight is 543 g/mol. The number of hydrogen-bond acceptors (Lipinski definition) is 5. The number of urea groups is 1. The Morgan fingerprint density at radius 3 is 2.00 bits per heavy atom. The first-order valence-electron chi connectivity index (χ1n) is 14.1. The summed E-state index contributed by atoms with van der Waals surface area (Å²) in [7, 11) is 2.73. The number of imide groups is 2. The summed E-state index contributed by atoms with van der Waals surface area (Å²) in [6.07, 6.45) is 13.3. The number of nitrogens with zero attached hydrogens (tertiary/aromatic N) is 4. The van der Waals surface area contributed by atoms with Crippen LogP contribution in [0.3, 0.4) is 0 Å². The fourth-order valence-corrected chi connectivity index (χ4v) is 4.70. The van der Waals surface area contributed by atoms with Crippen molar-refractivity contribution in [2.24, 2.45) is 0 Å². The van der Waals surface area contributed by atoms with Gasteiger partial charge in [-0.3, -0.25) is 19.4 Å². The number of amides is 4. The minimum atomic E-state index is -0.657. The average Bonchev–Trinajstić information content (AvgIpc) is 3.41. The van der Waals surface area contributed by atoms with Crippen LogP contribution in [-0.4, -0.2) is 58.1 Å². The lowest BCUT2D eigenvalue weighted by Gasteiger charge is -2.28. The third kappa shape index (κ3) is 6.86. The van der Waals surface area contributed by atoms with Gasteiger partial charge in [0.15, 0.2) is 0 Å². The molecule has 40 heavy (non-hydrogen) atoms. The number of aromatic nitrogens is 2. The smallest absolute Gasteiger partial charge is 0.333 e. The van der Waals surface area contributed by atoms with Gasteiger partial charge in [-0.25, -0.2) is 9.48 Å². The quantitative estimate of drug-likeness (QED) is 0.140. The number of rotatable bonds is 13. The molecule has 1 aliphatic rings. The second kappa shape index (κ2) is 13.7. The summed E-state index contributed by atoms with van der Waals surface area (Å²) in [4.78, 5) is 39.7. The van der Waals surface area contributed by atoms with E-state index >= 15 is 0 Å². The lowest BCUT2D eigenvalue weighted by atomic mass is 10.0. The summed E-state index contributed by atoms with van der Waals surface area (Å²) in [5, 5.41) is 4.79. The van der Waals surface area contributed by atoms with Crippen LogP contribution >= 0.6 is 0 Å². The van der Waals surface area contributed by atoms with Gasteiger partial charge < -0.3 is 4.74 Å². The van der Waals surface area contributed by atoms with Crippen LogP contribution in [0.15, 0.2) is 66.4 Å². The molecule has 1 saturated heterocycles. The molecule has 4 amide bonds. The molecule has 1 aliphatic heterocycles. The highest BCUT2D eigenvalue weighted by atomic mass is 16.5. The summed E-state index contributed by atoms with van der Waals surface area (Å²) in [6.45, 7) is 2.92. The maximum absolute atomic E-state index is 12.8. The number of likely N-dealkylation sites (N-methyl/N-ethyl adjacent to an activating group) is 2. The molecular formula is C32H38N4O4. The molecule has 2 heterocycles. The zero-order valence-corrected chi connectivity index (χ0v) is 23.6. The Morgan fingerprint density at radius 1 is 0.775 bits per heavy atom. The summed E-state index contributed by atoms with van der Waals surface area (Å²) in [5.41, 5.74) is 2.75. The predicted molar refractivity (Wildman–Crippen MR) is 156 cm³/mol. The van der Waals surface area contributed by atoms with Crippen molar-refractivity contribution in [3.8, 4) is 22.7 Å². The van der Waals surface area contributed by atoms with Crippen LogP contribution in [0, 0.1) is 0 Å². The van der Waals surface area contributed by atoms with Crippen LogP contribution in [-0.2, 0) is 9.59 Å². The normalized spacial score (nSPS) is 13.8. The number of ether oxygens (including phenoxy) is 1. The summed E-state index contributed by atoms with van der Waals surface area (Å²) in [6, 6.07) is 16.6. The van der Waals surface area contributed by atoms with Gasteiger partial charge >= 0.3 is 6.03 Å². The van der Waals surface area contributed by atoms with Gasteiger partial charge in [-0.05, 0) is 48.9 Å². The molecule has 8 heteroatoms. The molecule has 0 bridgehead atoms. The van der Waals surface area contributed by atoms with E-state index in [1.54, 1.807) is 10.9 Å². The minimum absolute atomic E-state index is 0.0937. The summed E-state index contributed by atoms with van der Waals surface area (Å²) >= 11 is 0. The molecule has 0 radical (unpaired) electrons. The third-order valence-electron chi connectivity index (χ3n) is 7.10. The standard InChI is InChI=1S/C32H38N4O4/c1-4-5-6-7-8-9-10-14-21-40-27-19-17-24(18-20-27)29-25(23-36(33-29)26-15-12-11-13-16-26)22-28-30(37)34(2)32(39)35(3)31(28)38/h11-13,15-20,22-23H,4-10,14,21H2,1-3H3. The highest BCUT2D eigenvalue weighted by molar-refractivity contribution is 6.30. The lowest BCUT2D eigenvalue weighted by molar-refractivity contribution is -0.134. The molecule has 0 saturated carbocycles. The van der Waals surface area contributed by atoms with E-state index in [4.69, 9.17) is 9.84 Å². The van der Waals surface area contributed by atoms with E-state index in [1.807, 2.05) is 54.6 Å². The Bertz CT molecular complexity index is 1320. The van der Waals surface area contributed by atoms with Gasteiger partial charge in [0, 0.05) is 31.4 Å². The zero-order valence-electron chi connectivity index (χ0n) is 23.6. The van der Waals surface area contributed by atoms with Crippen molar-refractivity contribution >= 4 is 23.9 Å². The Morgan fingerprint density at radius 2 is 1.38 bits per heavy atom. The van der Waals surface area contributed by atoms with Crippen LogP contribution in [0.1, 0.15) is 63.9 Å². The second-order valence-electron chi connectivity index (χ2n) is 10.1. The number of carbonyl (C=O) groups excluding carboxylic acids is 3. The first kappa shape index (κ1) is 28.8. The summed E-state index contributed by atoms with van der Waals surface area (Å²) in [5.74, 6) is -0.499. The lowest BCUT2D eigenvalue weighted by Crippen LogP contribution is -2.52. The molecule has 3 aromatic rings.